The van der Waals surface area contributed by atoms with Crippen LogP contribution in [0.3, 0.4) is 0 Å². The Morgan fingerprint density at radius 3 is 2.37 bits per heavy atom. The topological polar surface area (TPSA) is 46.2 Å². The molecule has 0 atom stereocenters. The molecule has 0 spiro atoms. The van der Waals surface area contributed by atoms with Crippen LogP contribution < -0.4 is 4.72 Å². The summed E-state index contributed by atoms with van der Waals surface area (Å²) in [7, 11) is -3.40. The minimum absolute atomic E-state index is 0.0173. The van der Waals surface area contributed by atoms with Gasteiger partial charge in [-0.2, -0.15) is 11.8 Å². The molecular formula is C12H20BrNO2S3. The van der Waals surface area contributed by atoms with Gasteiger partial charge in [-0.25, -0.2) is 13.1 Å². The maximum absolute atomic E-state index is 12.3. The Bertz CT molecular complexity index is 493. The highest BCUT2D eigenvalue weighted by Crippen LogP contribution is 2.32. The average molecular weight is 386 g/mol. The number of rotatable bonds is 7. The first-order chi connectivity index (χ1) is 8.80. The molecule has 0 aromatic carbocycles. The standard InChI is InChI=1S/C12H20BrNO2S3/c1-5-12(6-2,17-4)8-14-19(15,16)10-7-9(3)11(13)18-10/h7,14H,5-6,8H2,1-4H3. The first-order valence-corrected chi connectivity index (χ1v) is 10.4. The van der Waals surface area contributed by atoms with Gasteiger partial charge in [-0.05, 0) is 53.6 Å². The summed E-state index contributed by atoms with van der Waals surface area (Å²) in [4.78, 5) is 0. The summed E-state index contributed by atoms with van der Waals surface area (Å²) in [6.45, 7) is 6.56. The molecule has 1 rings (SSSR count). The molecule has 0 fully saturated rings. The Balaban J connectivity index is 2.86. The van der Waals surface area contributed by atoms with E-state index in [-0.39, 0.29) is 4.75 Å². The van der Waals surface area contributed by atoms with E-state index in [0.717, 1.165) is 22.2 Å². The number of sulfonamides is 1. The first kappa shape index (κ1) is 17.5. The second-order valence-electron chi connectivity index (χ2n) is 4.44. The van der Waals surface area contributed by atoms with Crippen molar-refractivity contribution in [2.24, 2.45) is 0 Å². The van der Waals surface area contributed by atoms with Crippen LogP contribution in [-0.2, 0) is 10.0 Å². The average Bonchev–Trinajstić information content (AvgIpc) is 2.73. The number of thiophene rings is 1. The molecular weight excluding hydrogens is 366 g/mol. The van der Waals surface area contributed by atoms with E-state index >= 15 is 0 Å². The van der Waals surface area contributed by atoms with E-state index in [1.54, 1.807) is 17.8 Å². The highest BCUT2D eigenvalue weighted by Gasteiger charge is 2.28. The third-order valence-electron chi connectivity index (χ3n) is 3.41. The van der Waals surface area contributed by atoms with E-state index < -0.39 is 10.0 Å². The second kappa shape index (κ2) is 6.93. The van der Waals surface area contributed by atoms with Gasteiger partial charge in [-0.1, -0.05) is 13.8 Å². The molecule has 1 N–H and O–H groups in total. The highest BCUT2D eigenvalue weighted by atomic mass is 79.9. The number of halogens is 1. The quantitative estimate of drug-likeness (QED) is 0.770. The zero-order valence-corrected chi connectivity index (χ0v) is 15.7. The Labute approximate surface area is 132 Å². The van der Waals surface area contributed by atoms with E-state index in [1.165, 1.54) is 11.3 Å². The largest absolute Gasteiger partial charge is 0.250 e. The summed E-state index contributed by atoms with van der Waals surface area (Å²) in [6, 6.07) is 1.70. The van der Waals surface area contributed by atoms with Crippen LogP contribution >= 0.6 is 39.0 Å². The highest BCUT2D eigenvalue weighted by molar-refractivity contribution is 9.11. The number of aryl methyl sites for hydroxylation is 1. The van der Waals surface area contributed by atoms with Crippen molar-refractivity contribution in [3.05, 3.63) is 15.4 Å². The normalized spacial score (nSPS) is 12.9. The number of thioether (sulfide) groups is 1. The van der Waals surface area contributed by atoms with Gasteiger partial charge in [0.05, 0.1) is 3.79 Å². The van der Waals surface area contributed by atoms with Crippen LogP contribution in [0.5, 0.6) is 0 Å². The molecule has 1 aromatic heterocycles. The minimum atomic E-state index is -3.40. The molecule has 0 bridgehead atoms. The lowest BCUT2D eigenvalue weighted by molar-refractivity contribution is 0.523. The number of hydrogen-bond donors (Lipinski definition) is 1. The number of nitrogens with one attached hydrogen (secondary N) is 1. The molecule has 1 heterocycles. The molecule has 0 saturated carbocycles. The van der Waals surface area contributed by atoms with Gasteiger partial charge in [0.2, 0.25) is 10.0 Å². The van der Waals surface area contributed by atoms with E-state index in [2.05, 4.69) is 34.5 Å². The maximum Gasteiger partial charge on any atom is 0.250 e. The summed E-state index contributed by atoms with van der Waals surface area (Å²) in [6.07, 6.45) is 3.92. The van der Waals surface area contributed by atoms with Crippen molar-refractivity contribution in [2.75, 3.05) is 12.8 Å². The van der Waals surface area contributed by atoms with Crippen molar-refractivity contribution in [3.63, 3.8) is 0 Å². The van der Waals surface area contributed by atoms with Gasteiger partial charge >= 0.3 is 0 Å². The van der Waals surface area contributed by atoms with Gasteiger partial charge in [0, 0.05) is 11.3 Å². The van der Waals surface area contributed by atoms with Crippen LogP contribution in [0, 0.1) is 6.92 Å². The third-order valence-corrected chi connectivity index (χ3v) is 9.00. The zero-order chi connectivity index (χ0) is 14.7. The Kier molecular flexibility index (Phi) is 6.38. The first-order valence-electron chi connectivity index (χ1n) is 6.11. The molecule has 0 unspecified atom stereocenters. The van der Waals surface area contributed by atoms with Gasteiger partial charge < -0.3 is 0 Å². The van der Waals surface area contributed by atoms with Crippen LogP contribution in [0.1, 0.15) is 32.3 Å². The van der Waals surface area contributed by atoms with Crippen LogP contribution in [0.4, 0.5) is 0 Å². The fourth-order valence-electron chi connectivity index (χ4n) is 1.72. The molecule has 0 amide bonds. The summed E-state index contributed by atoms with van der Waals surface area (Å²) >= 11 is 6.35. The van der Waals surface area contributed by atoms with Gasteiger partial charge in [-0.3, -0.25) is 0 Å². The zero-order valence-electron chi connectivity index (χ0n) is 11.6. The summed E-state index contributed by atoms with van der Waals surface area (Å²) in [5, 5.41) is 0. The van der Waals surface area contributed by atoms with E-state index in [1.807, 2.05) is 13.2 Å². The molecule has 0 aliphatic heterocycles. The lowest BCUT2D eigenvalue weighted by Crippen LogP contribution is -2.39. The predicted octanol–water partition coefficient (Wildman–Crippen LogP) is 4.02. The van der Waals surface area contributed by atoms with Crippen LogP contribution in [0.25, 0.3) is 0 Å². The van der Waals surface area contributed by atoms with E-state index in [4.69, 9.17) is 0 Å². The molecule has 0 aliphatic carbocycles. The van der Waals surface area contributed by atoms with Crippen LogP contribution in [-0.4, -0.2) is 26.0 Å². The summed E-state index contributed by atoms with van der Waals surface area (Å²) in [5.41, 5.74) is 0.951. The Morgan fingerprint density at radius 2 is 2.00 bits per heavy atom. The summed E-state index contributed by atoms with van der Waals surface area (Å²) in [5.74, 6) is 0. The van der Waals surface area contributed by atoms with E-state index in [9.17, 15) is 8.42 Å². The molecule has 0 radical (unpaired) electrons. The van der Waals surface area contributed by atoms with Gasteiger partial charge in [0.25, 0.3) is 0 Å². The van der Waals surface area contributed by atoms with Gasteiger partial charge in [-0.15, -0.1) is 11.3 Å². The molecule has 0 saturated heterocycles. The minimum Gasteiger partial charge on any atom is -0.209 e. The fraction of sp³-hybridized carbons (Fsp3) is 0.667. The Morgan fingerprint density at radius 1 is 1.42 bits per heavy atom. The monoisotopic (exact) mass is 385 g/mol. The molecule has 3 nitrogen and oxygen atoms in total. The molecule has 110 valence electrons. The summed E-state index contributed by atoms with van der Waals surface area (Å²) < 4.78 is 28.5. The van der Waals surface area contributed by atoms with Crippen molar-refractivity contribution < 1.29 is 8.42 Å². The lowest BCUT2D eigenvalue weighted by Gasteiger charge is -2.29. The van der Waals surface area contributed by atoms with Crippen molar-refractivity contribution in [3.8, 4) is 0 Å². The maximum atomic E-state index is 12.3. The molecule has 0 aliphatic rings. The van der Waals surface area contributed by atoms with E-state index in [0.29, 0.717) is 10.8 Å². The van der Waals surface area contributed by atoms with Crippen LogP contribution in [0.2, 0.25) is 0 Å². The SMILES string of the molecule is CCC(CC)(CNS(=O)(=O)c1cc(C)c(Br)s1)SC. The van der Waals surface area contributed by atoms with Crippen molar-refractivity contribution >= 4 is 49.1 Å². The van der Waals surface area contributed by atoms with Gasteiger partial charge in [0.1, 0.15) is 4.21 Å². The molecule has 1 aromatic rings. The second-order valence-corrected chi connectivity index (χ2v) is 10.1. The van der Waals surface area contributed by atoms with Crippen molar-refractivity contribution in [1.82, 2.24) is 4.72 Å². The lowest BCUT2D eigenvalue weighted by atomic mass is 10.0. The smallest absolute Gasteiger partial charge is 0.209 e. The van der Waals surface area contributed by atoms with Gasteiger partial charge in [0.15, 0.2) is 0 Å². The predicted molar refractivity (Wildman–Crippen MR) is 88.8 cm³/mol. The van der Waals surface area contributed by atoms with Crippen LogP contribution in [0.15, 0.2) is 14.1 Å². The molecule has 7 heteroatoms. The van der Waals surface area contributed by atoms with Crippen molar-refractivity contribution in [2.45, 2.75) is 42.6 Å². The number of hydrogen-bond acceptors (Lipinski definition) is 4. The third kappa shape index (κ3) is 4.20. The Hall–Kier alpha value is 0.440. The van der Waals surface area contributed by atoms with Crippen molar-refractivity contribution in [1.29, 1.82) is 0 Å². The fourth-order valence-corrected chi connectivity index (χ4v) is 6.01. The molecule has 19 heavy (non-hydrogen) atoms.